The molecule has 0 radical (unpaired) electrons. The molecule has 0 spiro atoms. The van der Waals surface area contributed by atoms with Crippen LogP contribution in [0, 0.1) is 0 Å². The zero-order valence-electron chi connectivity index (χ0n) is 9.60. The van der Waals surface area contributed by atoms with Gasteiger partial charge in [-0.15, -0.1) is 0 Å². The first-order valence-electron chi connectivity index (χ1n) is 5.98. The van der Waals surface area contributed by atoms with Crippen LogP contribution in [0.3, 0.4) is 0 Å². The van der Waals surface area contributed by atoms with Crippen molar-refractivity contribution in [2.24, 2.45) is 0 Å². The number of benzene rings is 2. The largest absolute Gasteiger partial charge is 0.457 e. The zero-order valence-corrected chi connectivity index (χ0v) is 9.60. The van der Waals surface area contributed by atoms with Gasteiger partial charge in [-0.2, -0.15) is 0 Å². The van der Waals surface area contributed by atoms with E-state index in [2.05, 4.69) is 17.4 Å². The molecule has 0 amide bonds. The van der Waals surface area contributed by atoms with E-state index in [9.17, 15) is 0 Å². The molecule has 0 saturated carbocycles. The monoisotopic (exact) mass is 225 g/mol. The molecule has 0 aliphatic carbocycles. The van der Waals surface area contributed by atoms with E-state index >= 15 is 0 Å². The number of hydrogen-bond acceptors (Lipinski definition) is 2. The quantitative estimate of drug-likeness (QED) is 0.863. The van der Waals surface area contributed by atoms with E-state index in [1.165, 1.54) is 12.0 Å². The van der Waals surface area contributed by atoms with Crippen molar-refractivity contribution in [2.45, 2.75) is 12.5 Å². The Balaban J connectivity index is 1.72. The minimum Gasteiger partial charge on any atom is -0.457 e. The highest BCUT2D eigenvalue weighted by Crippen LogP contribution is 2.26. The van der Waals surface area contributed by atoms with Crippen molar-refractivity contribution in [3.05, 3.63) is 60.2 Å². The van der Waals surface area contributed by atoms with Crippen LogP contribution in [0.5, 0.6) is 11.5 Å². The first-order valence-corrected chi connectivity index (χ1v) is 5.98. The molecule has 1 fully saturated rings. The third-order valence-corrected chi connectivity index (χ3v) is 3.09. The fraction of sp³-hybridized carbons (Fsp3) is 0.200. The Kier molecular flexibility index (Phi) is 2.80. The number of rotatable bonds is 3. The van der Waals surface area contributed by atoms with Crippen LogP contribution in [0.25, 0.3) is 0 Å². The number of hydrogen-bond donors (Lipinski definition) is 1. The third-order valence-electron chi connectivity index (χ3n) is 3.09. The fourth-order valence-corrected chi connectivity index (χ4v) is 1.97. The van der Waals surface area contributed by atoms with E-state index in [4.69, 9.17) is 4.74 Å². The summed E-state index contributed by atoms with van der Waals surface area (Å²) in [7, 11) is 0. The minimum absolute atomic E-state index is 0.542. The summed E-state index contributed by atoms with van der Waals surface area (Å²) in [6.45, 7) is 1.13. The highest BCUT2D eigenvalue weighted by Gasteiger charge is 2.17. The Morgan fingerprint density at radius 3 is 2.12 bits per heavy atom. The minimum atomic E-state index is 0.542. The van der Waals surface area contributed by atoms with Gasteiger partial charge in [0.05, 0.1) is 0 Å². The van der Waals surface area contributed by atoms with Gasteiger partial charge in [-0.1, -0.05) is 30.3 Å². The van der Waals surface area contributed by atoms with Crippen LogP contribution in [0.2, 0.25) is 0 Å². The van der Waals surface area contributed by atoms with Gasteiger partial charge >= 0.3 is 0 Å². The van der Waals surface area contributed by atoms with Crippen LogP contribution in [-0.2, 0) is 0 Å². The highest BCUT2D eigenvalue weighted by atomic mass is 16.5. The summed E-state index contributed by atoms with van der Waals surface area (Å²) in [5, 5.41) is 3.39. The maximum absolute atomic E-state index is 5.74. The standard InChI is InChI=1S/C15H15NO/c1-2-4-13(5-3-1)17-14-8-6-12(7-9-14)15-10-11-16-15/h1-9,15-16H,10-11H2/t15-/m1/s1. The molecule has 0 unspecified atom stereocenters. The van der Waals surface area contributed by atoms with E-state index in [0.29, 0.717) is 6.04 Å². The number of para-hydroxylation sites is 1. The highest BCUT2D eigenvalue weighted by molar-refractivity contribution is 5.34. The molecular weight excluding hydrogens is 210 g/mol. The first kappa shape index (κ1) is 10.4. The van der Waals surface area contributed by atoms with Gasteiger partial charge in [0.15, 0.2) is 0 Å². The molecule has 2 aromatic carbocycles. The predicted molar refractivity (Wildman–Crippen MR) is 68.3 cm³/mol. The molecule has 17 heavy (non-hydrogen) atoms. The first-order chi connectivity index (χ1) is 8.42. The SMILES string of the molecule is c1ccc(Oc2ccc([C@H]3CCN3)cc2)cc1. The van der Waals surface area contributed by atoms with E-state index in [0.717, 1.165) is 18.0 Å². The Hall–Kier alpha value is -1.80. The lowest BCUT2D eigenvalue weighted by Gasteiger charge is -2.28. The van der Waals surface area contributed by atoms with Crippen molar-refractivity contribution in [2.75, 3.05) is 6.54 Å². The van der Waals surface area contributed by atoms with Crippen molar-refractivity contribution < 1.29 is 4.74 Å². The summed E-state index contributed by atoms with van der Waals surface area (Å²) < 4.78 is 5.74. The average Bonchev–Trinajstić information content (AvgIpc) is 2.31. The Bertz CT molecular complexity index is 474. The van der Waals surface area contributed by atoms with Crippen molar-refractivity contribution in [3.63, 3.8) is 0 Å². The number of ether oxygens (including phenoxy) is 1. The van der Waals surface area contributed by atoms with Gasteiger partial charge in [0, 0.05) is 6.04 Å². The third kappa shape index (κ3) is 2.32. The van der Waals surface area contributed by atoms with Gasteiger partial charge in [-0.25, -0.2) is 0 Å². The molecule has 0 aromatic heterocycles. The van der Waals surface area contributed by atoms with Gasteiger partial charge in [0.1, 0.15) is 11.5 Å². The molecule has 1 N–H and O–H groups in total. The zero-order chi connectivity index (χ0) is 11.5. The lowest BCUT2D eigenvalue weighted by atomic mass is 9.98. The second kappa shape index (κ2) is 4.60. The van der Waals surface area contributed by atoms with Crippen molar-refractivity contribution in [3.8, 4) is 11.5 Å². The molecule has 1 aliphatic heterocycles. The van der Waals surface area contributed by atoms with Gasteiger partial charge in [0.25, 0.3) is 0 Å². The van der Waals surface area contributed by atoms with Crippen molar-refractivity contribution in [1.82, 2.24) is 5.32 Å². The Labute approximate surface area is 101 Å². The van der Waals surface area contributed by atoms with Crippen molar-refractivity contribution in [1.29, 1.82) is 0 Å². The van der Waals surface area contributed by atoms with Crippen LogP contribution in [-0.4, -0.2) is 6.54 Å². The Morgan fingerprint density at radius 2 is 1.53 bits per heavy atom. The summed E-state index contributed by atoms with van der Waals surface area (Å²) in [5.41, 5.74) is 1.34. The molecule has 2 nitrogen and oxygen atoms in total. The normalized spacial score (nSPS) is 18.5. The molecule has 0 bridgehead atoms. The molecule has 1 heterocycles. The predicted octanol–water partition coefficient (Wildman–Crippen LogP) is 3.51. The van der Waals surface area contributed by atoms with Crippen LogP contribution in [0.15, 0.2) is 54.6 Å². The van der Waals surface area contributed by atoms with E-state index in [1.807, 2.05) is 42.5 Å². The average molecular weight is 225 g/mol. The molecule has 1 aliphatic rings. The van der Waals surface area contributed by atoms with E-state index in [-0.39, 0.29) is 0 Å². The molecule has 2 heteroatoms. The van der Waals surface area contributed by atoms with Crippen LogP contribution >= 0.6 is 0 Å². The van der Waals surface area contributed by atoms with Gasteiger partial charge < -0.3 is 10.1 Å². The second-order valence-electron chi connectivity index (χ2n) is 4.28. The second-order valence-corrected chi connectivity index (χ2v) is 4.28. The summed E-state index contributed by atoms with van der Waals surface area (Å²) in [5.74, 6) is 1.77. The maximum atomic E-state index is 5.74. The van der Waals surface area contributed by atoms with Gasteiger partial charge in [0.2, 0.25) is 0 Å². The summed E-state index contributed by atoms with van der Waals surface area (Å²) in [6.07, 6.45) is 1.24. The molecule has 86 valence electrons. The summed E-state index contributed by atoms with van der Waals surface area (Å²) in [6, 6.07) is 18.7. The molecule has 1 saturated heterocycles. The molecular formula is C15H15NO. The molecule has 3 rings (SSSR count). The lowest BCUT2D eigenvalue weighted by Crippen LogP contribution is -2.34. The fourth-order valence-electron chi connectivity index (χ4n) is 1.97. The van der Waals surface area contributed by atoms with E-state index in [1.54, 1.807) is 0 Å². The van der Waals surface area contributed by atoms with Gasteiger partial charge in [-0.3, -0.25) is 0 Å². The van der Waals surface area contributed by atoms with Crippen LogP contribution in [0.4, 0.5) is 0 Å². The maximum Gasteiger partial charge on any atom is 0.127 e. The van der Waals surface area contributed by atoms with Crippen LogP contribution in [0.1, 0.15) is 18.0 Å². The smallest absolute Gasteiger partial charge is 0.127 e. The summed E-state index contributed by atoms with van der Waals surface area (Å²) >= 11 is 0. The topological polar surface area (TPSA) is 21.3 Å². The Morgan fingerprint density at radius 1 is 0.882 bits per heavy atom. The molecule has 2 aromatic rings. The van der Waals surface area contributed by atoms with Crippen LogP contribution < -0.4 is 10.1 Å². The van der Waals surface area contributed by atoms with Gasteiger partial charge in [-0.05, 0) is 42.8 Å². The summed E-state index contributed by atoms with van der Waals surface area (Å²) in [4.78, 5) is 0. The lowest BCUT2D eigenvalue weighted by molar-refractivity contribution is 0.383. The number of nitrogens with one attached hydrogen (secondary N) is 1. The van der Waals surface area contributed by atoms with Crippen molar-refractivity contribution >= 4 is 0 Å². The molecule has 1 atom stereocenters. The van der Waals surface area contributed by atoms with E-state index < -0.39 is 0 Å².